The minimum atomic E-state index is 0.0940. The number of unbranched alkanes of at least 4 members (excludes halogenated alkanes) is 1. The monoisotopic (exact) mass is 351 g/mol. The van der Waals surface area contributed by atoms with Gasteiger partial charge in [0.1, 0.15) is 5.75 Å². The number of aryl methyl sites for hydroxylation is 1. The van der Waals surface area contributed by atoms with Crippen LogP contribution in [-0.4, -0.2) is 23.4 Å². The molecule has 114 valence electrons. The van der Waals surface area contributed by atoms with E-state index in [1.54, 1.807) is 0 Å². The number of ether oxygens (including phenoxy) is 1. The highest BCUT2D eigenvalue weighted by Gasteiger charge is 2.19. The Morgan fingerprint density at radius 3 is 2.57 bits per heavy atom. The lowest BCUT2D eigenvalue weighted by Crippen LogP contribution is -2.21. The number of nitrogens with one attached hydrogen (secondary N) is 1. The summed E-state index contributed by atoms with van der Waals surface area (Å²) in [6, 6.07) is 8.35. The van der Waals surface area contributed by atoms with Crippen molar-refractivity contribution in [1.29, 1.82) is 0 Å². The number of aromatic nitrogens is 2. The second-order valence-electron chi connectivity index (χ2n) is 4.99. The van der Waals surface area contributed by atoms with Crippen LogP contribution in [0.25, 0.3) is 0 Å². The van der Waals surface area contributed by atoms with Crippen molar-refractivity contribution in [3.63, 3.8) is 0 Å². The first-order valence-corrected chi connectivity index (χ1v) is 8.04. The molecule has 1 heterocycles. The lowest BCUT2D eigenvalue weighted by Gasteiger charge is -2.18. The number of benzene rings is 1. The molecule has 4 nitrogen and oxygen atoms in total. The van der Waals surface area contributed by atoms with Crippen molar-refractivity contribution in [3.05, 3.63) is 46.2 Å². The molecule has 1 atom stereocenters. The summed E-state index contributed by atoms with van der Waals surface area (Å²) in [6.07, 6.45) is 4.05. The summed E-state index contributed by atoms with van der Waals surface area (Å²) in [6.45, 7) is 2.94. The van der Waals surface area contributed by atoms with Gasteiger partial charge < -0.3 is 10.1 Å². The van der Waals surface area contributed by atoms with Gasteiger partial charge in [0.2, 0.25) is 0 Å². The summed E-state index contributed by atoms with van der Waals surface area (Å²) in [5.74, 6) is 0.922. The van der Waals surface area contributed by atoms with Crippen molar-refractivity contribution in [1.82, 2.24) is 15.1 Å². The molecule has 1 aromatic heterocycles. The zero-order valence-corrected chi connectivity index (χ0v) is 14.4. The number of nitrogens with zero attached hydrogens (tertiary/aromatic N) is 2. The molecule has 0 saturated carbocycles. The van der Waals surface area contributed by atoms with E-state index in [9.17, 15) is 0 Å². The smallest absolute Gasteiger partial charge is 0.119 e. The van der Waals surface area contributed by atoms with Gasteiger partial charge in [-0.1, -0.05) is 25.5 Å². The predicted molar refractivity (Wildman–Crippen MR) is 88.7 cm³/mol. The summed E-state index contributed by atoms with van der Waals surface area (Å²) < 4.78 is 8.60. The lowest BCUT2D eigenvalue weighted by atomic mass is 10.0. The molecule has 0 aliphatic carbocycles. The minimum absolute atomic E-state index is 0.0940. The average Bonchev–Trinajstić information content (AvgIpc) is 2.82. The van der Waals surface area contributed by atoms with E-state index in [1.165, 1.54) is 5.56 Å². The first kappa shape index (κ1) is 16.0. The van der Waals surface area contributed by atoms with Crippen LogP contribution >= 0.6 is 15.9 Å². The highest BCUT2D eigenvalue weighted by atomic mass is 79.9. The summed E-state index contributed by atoms with van der Waals surface area (Å²) in [7, 11) is 3.91. The Hall–Kier alpha value is -1.33. The zero-order chi connectivity index (χ0) is 15.2. The molecule has 2 aromatic rings. The number of hydrogen-bond donors (Lipinski definition) is 1. The van der Waals surface area contributed by atoms with Crippen molar-refractivity contribution >= 4 is 15.9 Å². The Balaban J connectivity index is 2.16. The Morgan fingerprint density at radius 1 is 1.33 bits per heavy atom. The van der Waals surface area contributed by atoms with Crippen LogP contribution in [0, 0.1) is 0 Å². The van der Waals surface area contributed by atoms with E-state index in [0.717, 1.165) is 35.4 Å². The fourth-order valence-corrected chi connectivity index (χ4v) is 2.87. The van der Waals surface area contributed by atoms with Crippen LogP contribution in [0.3, 0.4) is 0 Å². The van der Waals surface area contributed by atoms with Crippen LogP contribution in [0.15, 0.2) is 34.9 Å². The van der Waals surface area contributed by atoms with E-state index in [-0.39, 0.29) is 6.04 Å². The van der Waals surface area contributed by atoms with Gasteiger partial charge in [0.25, 0.3) is 0 Å². The second-order valence-corrected chi connectivity index (χ2v) is 5.85. The maximum Gasteiger partial charge on any atom is 0.119 e. The molecule has 0 aliphatic heterocycles. The first-order chi connectivity index (χ1) is 10.2. The zero-order valence-electron chi connectivity index (χ0n) is 12.8. The molecule has 1 N–H and O–H groups in total. The maximum atomic E-state index is 5.71. The lowest BCUT2D eigenvalue weighted by molar-refractivity contribution is 0.309. The topological polar surface area (TPSA) is 39.1 Å². The van der Waals surface area contributed by atoms with Gasteiger partial charge in [-0.05, 0) is 47.1 Å². The van der Waals surface area contributed by atoms with Crippen LogP contribution < -0.4 is 10.1 Å². The molecule has 21 heavy (non-hydrogen) atoms. The van der Waals surface area contributed by atoms with E-state index in [1.807, 2.05) is 37.1 Å². The summed E-state index contributed by atoms with van der Waals surface area (Å²) in [4.78, 5) is 0. The van der Waals surface area contributed by atoms with E-state index in [0.29, 0.717) is 0 Å². The van der Waals surface area contributed by atoms with Crippen molar-refractivity contribution in [2.75, 3.05) is 13.7 Å². The highest BCUT2D eigenvalue weighted by Crippen LogP contribution is 2.28. The van der Waals surface area contributed by atoms with Gasteiger partial charge in [-0.25, -0.2) is 0 Å². The minimum Gasteiger partial charge on any atom is -0.494 e. The molecule has 1 unspecified atom stereocenters. The fourth-order valence-electron chi connectivity index (χ4n) is 2.30. The summed E-state index contributed by atoms with van der Waals surface area (Å²) in [5.41, 5.74) is 2.29. The molecule has 0 saturated heterocycles. The van der Waals surface area contributed by atoms with E-state index in [2.05, 4.69) is 45.4 Å². The van der Waals surface area contributed by atoms with Crippen LogP contribution in [0.2, 0.25) is 0 Å². The van der Waals surface area contributed by atoms with Crippen LogP contribution in [0.4, 0.5) is 0 Å². The highest BCUT2D eigenvalue weighted by molar-refractivity contribution is 9.10. The average molecular weight is 352 g/mol. The third kappa shape index (κ3) is 3.86. The predicted octanol–water partition coefficient (Wildman–Crippen LogP) is 3.67. The Morgan fingerprint density at radius 2 is 2.05 bits per heavy atom. The number of hydrogen-bond acceptors (Lipinski definition) is 3. The van der Waals surface area contributed by atoms with Gasteiger partial charge in [-0.2, -0.15) is 5.10 Å². The summed E-state index contributed by atoms with van der Waals surface area (Å²) >= 11 is 3.56. The maximum absolute atomic E-state index is 5.71. The van der Waals surface area contributed by atoms with E-state index < -0.39 is 0 Å². The van der Waals surface area contributed by atoms with Crippen molar-refractivity contribution in [3.8, 4) is 5.75 Å². The van der Waals surface area contributed by atoms with Crippen molar-refractivity contribution in [2.45, 2.75) is 25.8 Å². The van der Waals surface area contributed by atoms with Crippen LogP contribution in [0.5, 0.6) is 5.75 Å². The van der Waals surface area contributed by atoms with Crippen LogP contribution in [-0.2, 0) is 7.05 Å². The molecular formula is C16H22BrN3O. The van der Waals surface area contributed by atoms with Gasteiger partial charge in [-0.3, -0.25) is 4.68 Å². The standard InChI is InChI=1S/C16H22BrN3O/c1-4-5-10-21-13-8-6-12(7-9-13)15(18-2)16-14(17)11-19-20(16)3/h6-9,11,15,18H,4-5,10H2,1-3H3. The van der Waals surface area contributed by atoms with Gasteiger partial charge >= 0.3 is 0 Å². The van der Waals surface area contributed by atoms with Gasteiger partial charge in [0, 0.05) is 7.05 Å². The third-order valence-electron chi connectivity index (χ3n) is 3.48. The Kier molecular flexibility index (Phi) is 5.82. The van der Waals surface area contributed by atoms with Crippen molar-refractivity contribution < 1.29 is 4.74 Å². The third-order valence-corrected chi connectivity index (χ3v) is 4.09. The Bertz CT molecular complexity index is 546. The normalized spacial score (nSPS) is 12.4. The second kappa shape index (κ2) is 7.61. The molecule has 0 bridgehead atoms. The van der Waals surface area contributed by atoms with Gasteiger partial charge in [0.05, 0.1) is 29.0 Å². The molecular weight excluding hydrogens is 330 g/mol. The molecule has 1 aromatic carbocycles. The van der Waals surface area contributed by atoms with Gasteiger partial charge in [-0.15, -0.1) is 0 Å². The van der Waals surface area contributed by atoms with Gasteiger partial charge in [0.15, 0.2) is 0 Å². The van der Waals surface area contributed by atoms with E-state index in [4.69, 9.17) is 4.74 Å². The molecule has 0 spiro atoms. The molecule has 0 radical (unpaired) electrons. The number of halogens is 1. The summed E-state index contributed by atoms with van der Waals surface area (Å²) in [5, 5.41) is 7.63. The van der Waals surface area contributed by atoms with E-state index >= 15 is 0 Å². The van der Waals surface area contributed by atoms with Crippen molar-refractivity contribution in [2.24, 2.45) is 7.05 Å². The molecule has 0 amide bonds. The number of rotatable bonds is 7. The SMILES string of the molecule is CCCCOc1ccc(C(NC)c2c(Br)cnn2C)cc1. The van der Waals surface area contributed by atoms with Crippen LogP contribution in [0.1, 0.15) is 37.1 Å². The molecule has 0 aliphatic rings. The largest absolute Gasteiger partial charge is 0.494 e. The first-order valence-electron chi connectivity index (χ1n) is 7.24. The Labute approximate surface area is 134 Å². The molecule has 0 fully saturated rings. The molecule has 2 rings (SSSR count). The molecule has 5 heteroatoms. The quantitative estimate of drug-likeness (QED) is 0.773. The fraction of sp³-hybridized carbons (Fsp3) is 0.438.